The molecule has 25 heavy (non-hydrogen) atoms. The van der Waals surface area contributed by atoms with E-state index in [2.05, 4.69) is 46.0 Å². The van der Waals surface area contributed by atoms with Crippen LogP contribution in [0.2, 0.25) is 18.8 Å². The molecule has 0 N–H and O–H groups in total. The first-order chi connectivity index (χ1) is 11.9. The van der Waals surface area contributed by atoms with E-state index in [1.54, 1.807) is 37.7 Å². The van der Waals surface area contributed by atoms with Crippen molar-refractivity contribution in [3.63, 3.8) is 0 Å². The molecule has 0 saturated heterocycles. The molecule has 4 aliphatic rings. The summed E-state index contributed by atoms with van der Waals surface area (Å²) in [6, 6.07) is 9.74. The maximum atomic E-state index is 2.75. The van der Waals surface area contributed by atoms with Crippen molar-refractivity contribution in [3.8, 4) is 0 Å². The van der Waals surface area contributed by atoms with E-state index in [0.717, 1.165) is 41.4 Å². The Balaban J connectivity index is 1.53. The zero-order valence-electron chi connectivity index (χ0n) is 16.7. The molecule has 5 rings (SSSR count). The summed E-state index contributed by atoms with van der Waals surface area (Å²) in [6.45, 7) is 2.24. The van der Waals surface area contributed by atoms with E-state index in [0.29, 0.717) is 0 Å². The zero-order chi connectivity index (χ0) is 17.3. The normalized spacial score (nSPS) is 45.4. The van der Waals surface area contributed by atoms with Gasteiger partial charge in [-0.25, -0.2) is 0 Å². The molecule has 4 saturated carbocycles. The van der Waals surface area contributed by atoms with E-state index in [-0.39, 0.29) is 0 Å². The fourth-order valence-electron chi connectivity index (χ4n) is 8.35. The van der Waals surface area contributed by atoms with Gasteiger partial charge >= 0.3 is 159 Å². The van der Waals surface area contributed by atoms with Crippen LogP contribution in [0.25, 0.3) is 0 Å². The molecule has 0 spiro atoms. The van der Waals surface area contributed by atoms with Crippen molar-refractivity contribution < 1.29 is 0 Å². The van der Waals surface area contributed by atoms with E-state index in [1.165, 1.54) is 15.9 Å². The predicted octanol–water partition coefficient (Wildman–Crippen LogP) is 6.88. The number of aryl methyl sites for hydroxylation is 1. The van der Waals surface area contributed by atoms with Gasteiger partial charge < -0.3 is 0 Å². The molecule has 0 aliphatic heterocycles. The van der Waals surface area contributed by atoms with Gasteiger partial charge in [0.25, 0.3) is 0 Å². The Labute approximate surface area is 159 Å². The summed E-state index contributed by atoms with van der Waals surface area (Å²) in [5.41, 5.74) is 3.13. The van der Waals surface area contributed by atoms with Gasteiger partial charge in [0.15, 0.2) is 0 Å². The van der Waals surface area contributed by atoms with Crippen molar-refractivity contribution in [3.05, 3.63) is 35.4 Å². The zero-order valence-corrected chi connectivity index (χ0v) is 19.5. The Bertz CT molecular complexity index is 639. The average molecular weight is 443 g/mol. The summed E-state index contributed by atoms with van der Waals surface area (Å²) in [5, 5.41) is 0. The van der Waals surface area contributed by atoms with Gasteiger partial charge in [0.2, 0.25) is 0 Å². The van der Waals surface area contributed by atoms with Crippen molar-refractivity contribution in [1.29, 1.82) is 0 Å². The van der Waals surface area contributed by atoms with Crippen LogP contribution in [0, 0.1) is 42.4 Å². The number of rotatable bonds is 3. The maximum absolute atomic E-state index is 2.75. The van der Waals surface area contributed by atoms with Crippen LogP contribution in [0.4, 0.5) is 0 Å². The van der Waals surface area contributed by atoms with Crippen molar-refractivity contribution in [2.75, 3.05) is 0 Å². The summed E-state index contributed by atoms with van der Waals surface area (Å²) in [5.74, 6) is 7.35. The summed E-state index contributed by atoms with van der Waals surface area (Å²) in [6.07, 6.45) is 9.39. The molecule has 1 aromatic rings. The minimum absolute atomic E-state index is 0.903. The summed E-state index contributed by atoms with van der Waals surface area (Å²) < 4.78 is 1.19. The summed E-state index contributed by atoms with van der Waals surface area (Å²) >= 11 is -1.88. The first-order valence-electron chi connectivity index (χ1n) is 11.0. The van der Waals surface area contributed by atoms with Crippen LogP contribution >= 0.6 is 0 Å². The predicted molar refractivity (Wildman–Crippen MR) is 110 cm³/mol. The van der Waals surface area contributed by atoms with Crippen LogP contribution in [0.15, 0.2) is 24.3 Å². The van der Waals surface area contributed by atoms with Gasteiger partial charge in [-0.1, -0.05) is 0 Å². The topological polar surface area (TPSA) is 0 Å². The fourth-order valence-corrected chi connectivity index (χ4v) is 18.0. The van der Waals surface area contributed by atoms with Crippen LogP contribution < -0.4 is 0 Å². The molecule has 4 fully saturated rings. The molecule has 0 unspecified atom stereocenters. The summed E-state index contributed by atoms with van der Waals surface area (Å²) in [7, 11) is 0. The van der Waals surface area contributed by atoms with Crippen LogP contribution in [-0.4, -0.2) is 18.4 Å². The molecule has 0 radical (unpaired) electrons. The second kappa shape index (κ2) is 6.01. The third kappa shape index (κ3) is 2.67. The second-order valence-electron chi connectivity index (χ2n) is 11.1. The SMILES string of the molecule is Cc1ccc([C@H]2[C@@H]3CC[C@@H](C3)[C@H]2[C@@H]2[C@H]3CC[C@H](C3)[C@@H]2[Sn]([CH3])([CH3])[CH3])cc1. The minimum atomic E-state index is -1.88. The number of benzene rings is 1. The first-order valence-corrected chi connectivity index (χ1v) is 21.2. The molecule has 0 nitrogen and oxygen atoms in total. The van der Waals surface area contributed by atoms with Crippen LogP contribution in [0.3, 0.4) is 0 Å². The molecular weight excluding hydrogens is 407 g/mol. The molecule has 4 aliphatic carbocycles. The van der Waals surface area contributed by atoms with Gasteiger partial charge in [0, 0.05) is 0 Å². The molecule has 136 valence electrons. The van der Waals surface area contributed by atoms with Gasteiger partial charge in [-0.05, 0) is 0 Å². The van der Waals surface area contributed by atoms with Gasteiger partial charge in [-0.2, -0.15) is 0 Å². The molecule has 1 heteroatoms. The van der Waals surface area contributed by atoms with E-state index in [4.69, 9.17) is 0 Å². The third-order valence-electron chi connectivity index (χ3n) is 8.87. The molecule has 4 bridgehead atoms. The van der Waals surface area contributed by atoms with Gasteiger partial charge in [-0.3, -0.25) is 0 Å². The van der Waals surface area contributed by atoms with Crippen molar-refractivity contribution in [2.45, 2.75) is 70.1 Å². The molecular formula is C24H36Sn. The monoisotopic (exact) mass is 444 g/mol. The quantitative estimate of drug-likeness (QED) is 0.447. The van der Waals surface area contributed by atoms with E-state index in [9.17, 15) is 0 Å². The van der Waals surface area contributed by atoms with Gasteiger partial charge in [-0.15, -0.1) is 0 Å². The first kappa shape index (κ1) is 17.1. The Morgan fingerprint density at radius 2 is 1.28 bits per heavy atom. The Morgan fingerprint density at radius 3 is 1.96 bits per heavy atom. The van der Waals surface area contributed by atoms with Gasteiger partial charge in [0.05, 0.1) is 0 Å². The van der Waals surface area contributed by atoms with E-state index < -0.39 is 18.4 Å². The van der Waals surface area contributed by atoms with Crippen molar-refractivity contribution in [2.24, 2.45) is 35.5 Å². The average Bonchev–Trinajstić information content (AvgIpc) is 3.33. The van der Waals surface area contributed by atoms with Crippen LogP contribution in [0.5, 0.6) is 0 Å². The van der Waals surface area contributed by atoms with Crippen molar-refractivity contribution in [1.82, 2.24) is 0 Å². The fraction of sp³-hybridized carbons (Fsp3) is 0.750. The Morgan fingerprint density at radius 1 is 0.720 bits per heavy atom. The van der Waals surface area contributed by atoms with Crippen molar-refractivity contribution >= 4 is 18.4 Å². The molecule has 8 atom stereocenters. The molecule has 0 aromatic heterocycles. The molecule has 1 aromatic carbocycles. The van der Waals surface area contributed by atoms with Crippen LogP contribution in [-0.2, 0) is 0 Å². The van der Waals surface area contributed by atoms with Gasteiger partial charge in [0.1, 0.15) is 0 Å². The molecule has 0 heterocycles. The van der Waals surface area contributed by atoms with Crippen LogP contribution in [0.1, 0.15) is 55.6 Å². The third-order valence-corrected chi connectivity index (χ3v) is 17.0. The Kier molecular flexibility index (Phi) is 4.12. The number of hydrogen-bond acceptors (Lipinski definition) is 0. The van der Waals surface area contributed by atoms with E-state index >= 15 is 0 Å². The summed E-state index contributed by atoms with van der Waals surface area (Å²) in [4.78, 5) is 8.25. The Hall–Kier alpha value is 0.0187. The molecule has 0 amide bonds. The standard InChI is InChI=1S/C21H27.3CH3.Sn/c1-13-2-5-15(6-3-13)20-17-8-9-18(12-17)21(20)19-11-14-4-7-16(19)10-14;;;;/h2-3,5-6,11,14,16-21H,4,7-10,12H2,1H3;3*1H3;/t14-,16+,17-,18+,19+,20+,21+;;;;/m1..../s1. The number of fused-ring (bicyclic) bond motifs is 4. The second-order valence-corrected chi connectivity index (χ2v) is 26.6. The van der Waals surface area contributed by atoms with E-state index in [1.807, 2.05) is 0 Å². The number of hydrogen-bond donors (Lipinski definition) is 0.